The molecule has 24 heavy (non-hydrogen) atoms. The van der Waals surface area contributed by atoms with Gasteiger partial charge in [-0.25, -0.2) is 4.98 Å². The SMILES string of the molecule is Cc1cccc(C(=O)CCCSc2nc3c(c(=O)[nH]2)CCCC3)c1. The molecule has 1 aromatic carbocycles. The van der Waals surface area contributed by atoms with Crippen molar-refractivity contribution in [2.45, 2.75) is 50.6 Å². The monoisotopic (exact) mass is 342 g/mol. The van der Waals surface area contributed by atoms with E-state index in [9.17, 15) is 9.59 Å². The van der Waals surface area contributed by atoms with E-state index in [1.54, 1.807) is 0 Å². The lowest BCUT2D eigenvalue weighted by molar-refractivity contribution is 0.0982. The molecule has 5 heteroatoms. The number of ketones is 1. The molecule has 2 aromatic rings. The van der Waals surface area contributed by atoms with Gasteiger partial charge in [-0.15, -0.1) is 0 Å². The molecule has 4 nitrogen and oxygen atoms in total. The van der Waals surface area contributed by atoms with E-state index in [4.69, 9.17) is 0 Å². The van der Waals surface area contributed by atoms with Crippen LogP contribution in [0.4, 0.5) is 0 Å². The molecule has 1 heterocycles. The maximum Gasteiger partial charge on any atom is 0.254 e. The van der Waals surface area contributed by atoms with Gasteiger partial charge in [-0.2, -0.15) is 0 Å². The number of carbonyl (C=O) groups excluding carboxylic acids is 1. The van der Waals surface area contributed by atoms with Crippen LogP contribution >= 0.6 is 11.8 Å². The number of nitrogens with zero attached hydrogens (tertiary/aromatic N) is 1. The third-order valence-electron chi connectivity index (χ3n) is 4.30. The second-order valence-electron chi connectivity index (χ2n) is 6.25. The van der Waals surface area contributed by atoms with Crippen molar-refractivity contribution in [2.24, 2.45) is 0 Å². The predicted octanol–water partition coefficient (Wildman–Crippen LogP) is 3.71. The highest BCUT2D eigenvalue weighted by Gasteiger charge is 2.15. The van der Waals surface area contributed by atoms with Crippen LogP contribution in [0.2, 0.25) is 0 Å². The van der Waals surface area contributed by atoms with Crippen LogP contribution < -0.4 is 5.56 Å². The van der Waals surface area contributed by atoms with E-state index in [-0.39, 0.29) is 11.3 Å². The number of H-pyrrole nitrogens is 1. The van der Waals surface area contributed by atoms with Crippen molar-refractivity contribution in [1.82, 2.24) is 9.97 Å². The lowest BCUT2D eigenvalue weighted by Crippen LogP contribution is -2.21. The number of aromatic nitrogens is 2. The van der Waals surface area contributed by atoms with Gasteiger partial charge >= 0.3 is 0 Å². The van der Waals surface area contributed by atoms with Crippen molar-refractivity contribution in [3.63, 3.8) is 0 Å². The van der Waals surface area contributed by atoms with Gasteiger partial charge in [0.2, 0.25) is 0 Å². The molecule has 0 saturated carbocycles. The van der Waals surface area contributed by atoms with Gasteiger partial charge in [-0.05, 0) is 45.1 Å². The maximum absolute atomic E-state index is 12.2. The molecule has 0 atom stereocenters. The molecule has 1 aliphatic carbocycles. The number of aromatic amines is 1. The Morgan fingerprint density at radius 3 is 2.96 bits per heavy atom. The summed E-state index contributed by atoms with van der Waals surface area (Å²) in [5.74, 6) is 0.949. The molecule has 126 valence electrons. The Kier molecular flexibility index (Phi) is 5.51. The van der Waals surface area contributed by atoms with Crippen LogP contribution in [0.15, 0.2) is 34.2 Å². The number of aryl methyl sites for hydroxylation is 2. The van der Waals surface area contributed by atoms with Crippen LogP contribution in [-0.4, -0.2) is 21.5 Å². The van der Waals surface area contributed by atoms with Gasteiger partial charge in [-0.3, -0.25) is 9.59 Å². The summed E-state index contributed by atoms with van der Waals surface area (Å²) in [6.45, 7) is 1.99. The van der Waals surface area contributed by atoms with Crippen molar-refractivity contribution < 1.29 is 4.79 Å². The minimum Gasteiger partial charge on any atom is -0.301 e. The van der Waals surface area contributed by atoms with Gasteiger partial charge in [-0.1, -0.05) is 35.5 Å². The first kappa shape index (κ1) is 17.0. The Morgan fingerprint density at radius 1 is 1.29 bits per heavy atom. The van der Waals surface area contributed by atoms with E-state index in [1.807, 2.05) is 31.2 Å². The zero-order valence-electron chi connectivity index (χ0n) is 13.9. The third-order valence-corrected chi connectivity index (χ3v) is 5.26. The quantitative estimate of drug-likeness (QED) is 0.376. The Balaban J connectivity index is 1.53. The number of hydrogen-bond donors (Lipinski definition) is 1. The number of fused-ring (bicyclic) bond motifs is 1. The Labute approximate surface area is 146 Å². The van der Waals surface area contributed by atoms with Crippen molar-refractivity contribution in [3.8, 4) is 0 Å². The van der Waals surface area contributed by atoms with Gasteiger partial charge in [0.25, 0.3) is 5.56 Å². The Morgan fingerprint density at radius 2 is 2.12 bits per heavy atom. The summed E-state index contributed by atoms with van der Waals surface area (Å²) in [4.78, 5) is 31.7. The van der Waals surface area contributed by atoms with Gasteiger partial charge in [0.15, 0.2) is 10.9 Å². The molecule has 0 amide bonds. The molecule has 1 N–H and O–H groups in total. The number of rotatable bonds is 6. The van der Waals surface area contributed by atoms with Crippen molar-refractivity contribution in [2.75, 3.05) is 5.75 Å². The number of nitrogens with one attached hydrogen (secondary N) is 1. The summed E-state index contributed by atoms with van der Waals surface area (Å²) >= 11 is 1.53. The molecule has 1 aromatic heterocycles. The van der Waals surface area contributed by atoms with Crippen molar-refractivity contribution in [1.29, 1.82) is 0 Å². The molecule has 0 radical (unpaired) electrons. The second kappa shape index (κ2) is 7.79. The minimum absolute atomic E-state index is 0.0121. The normalized spacial score (nSPS) is 13.5. The first-order valence-electron chi connectivity index (χ1n) is 8.48. The summed E-state index contributed by atoms with van der Waals surface area (Å²) in [5.41, 5.74) is 3.72. The number of thioether (sulfide) groups is 1. The highest BCUT2D eigenvalue weighted by Crippen LogP contribution is 2.20. The van der Waals surface area contributed by atoms with Gasteiger partial charge < -0.3 is 4.98 Å². The fourth-order valence-electron chi connectivity index (χ4n) is 3.01. The van der Waals surface area contributed by atoms with Crippen LogP contribution in [0.3, 0.4) is 0 Å². The molecular formula is C19H22N2O2S. The van der Waals surface area contributed by atoms with Crippen LogP contribution in [-0.2, 0) is 12.8 Å². The summed E-state index contributed by atoms with van der Waals surface area (Å²) in [6.07, 6.45) is 5.22. The lowest BCUT2D eigenvalue weighted by Gasteiger charge is -2.14. The van der Waals surface area contributed by atoms with Gasteiger partial charge in [0, 0.05) is 23.3 Å². The fourth-order valence-corrected chi connectivity index (χ4v) is 3.83. The molecular weight excluding hydrogens is 320 g/mol. The van der Waals surface area contributed by atoms with Crippen molar-refractivity contribution in [3.05, 3.63) is 57.0 Å². The lowest BCUT2D eigenvalue weighted by atomic mass is 9.97. The van der Waals surface area contributed by atoms with E-state index in [0.29, 0.717) is 11.6 Å². The predicted molar refractivity (Wildman–Crippen MR) is 97.0 cm³/mol. The Hall–Kier alpha value is -1.88. The van der Waals surface area contributed by atoms with Crippen LogP contribution in [0.25, 0.3) is 0 Å². The minimum atomic E-state index is 0.0121. The van der Waals surface area contributed by atoms with E-state index < -0.39 is 0 Å². The van der Waals surface area contributed by atoms with E-state index in [2.05, 4.69) is 9.97 Å². The zero-order valence-corrected chi connectivity index (χ0v) is 14.7. The molecule has 3 rings (SSSR count). The standard InChI is InChI=1S/C19H22N2O2S/c1-13-6-4-7-14(12-13)17(22)10-5-11-24-19-20-16-9-3-2-8-15(16)18(23)21-19/h4,6-7,12H,2-3,5,8-11H2,1H3,(H,20,21,23). The highest BCUT2D eigenvalue weighted by molar-refractivity contribution is 7.99. The van der Waals surface area contributed by atoms with Crippen LogP contribution in [0.1, 0.15) is 52.9 Å². The average Bonchev–Trinajstić information content (AvgIpc) is 2.58. The molecule has 0 fully saturated rings. The summed E-state index contributed by atoms with van der Waals surface area (Å²) in [6, 6.07) is 7.70. The first-order valence-corrected chi connectivity index (χ1v) is 9.47. The number of Topliss-reactive ketones (excluding diaryl/α,β-unsaturated/α-hetero) is 1. The highest BCUT2D eigenvalue weighted by atomic mass is 32.2. The van der Waals surface area contributed by atoms with Gasteiger partial charge in [0.1, 0.15) is 0 Å². The van der Waals surface area contributed by atoms with E-state index in [1.165, 1.54) is 11.8 Å². The van der Waals surface area contributed by atoms with Gasteiger partial charge in [0.05, 0.1) is 5.69 Å². The van der Waals surface area contributed by atoms with Crippen molar-refractivity contribution >= 4 is 17.5 Å². The third kappa shape index (κ3) is 4.15. The van der Waals surface area contributed by atoms with Crippen LogP contribution in [0.5, 0.6) is 0 Å². The molecule has 0 bridgehead atoms. The number of carbonyl (C=O) groups is 1. The molecule has 0 unspecified atom stereocenters. The maximum atomic E-state index is 12.2. The first-order chi connectivity index (χ1) is 11.6. The second-order valence-corrected chi connectivity index (χ2v) is 7.33. The largest absolute Gasteiger partial charge is 0.301 e. The van der Waals surface area contributed by atoms with E-state index >= 15 is 0 Å². The summed E-state index contributed by atoms with van der Waals surface area (Å²) in [5, 5.41) is 0.684. The zero-order chi connectivity index (χ0) is 16.9. The summed E-state index contributed by atoms with van der Waals surface area (Å²) in [7, 11) is 0. The number of hydrogen-bond acceptors (Lipinski definition) is 4. The topological polar surface area (TPSA) is 62.8 Å². The smallest absolute Gasteiger partial charge is 0.254 e. The Bertz CT molecular complexity index is 798. The molecule has 0 aliphatic heterocycles. The molecule has 0 spiro atoms. The number of benzene rings is 1. The molecule has 0 saturated heterocycles. The average molecular weight is 342 g/mol. The van der Waals surface area contributed by atoms with E-state index in [0.717, 1.165) is 60.2 Å². The van der Waals surface area contributed by atoms with Crippen LogP contribution in [0, 0.1) is 6.92 Å². The fraction of sp³-hybridized carbons (Fsp3) is 0.421. The summed E-state index contributed by atoms with van der Waals surface area (Å²) < 4.78 is 0. The molecule has 1 aliphatic rings.